The number of aryl methyl sites for hydroxylation is 2. The lowest BCUT2D eigenvalue weighted by atomic mass is 10.2. The van der Waals surface area contributed by atoms with Crippen molar-refractivity contribution in [1.29, 1.82) is 0 Å². The third-order valence-electron chi connectivity index (χ3n) is 5.38. The van der Waals surface area contributed by atoms with Crippen LogP contribution in [0.2, 0.25) is 0 Å². The zero-order valence-corrected chi connectivity index (χ0v) is 17.0. The second-order valence-electron chi connectivity index (χ2n) is 7.63. The number of hydrogen-bond acceptors (Lipinski definition) is 4. The minimum absolute atomic E-state index is 0.590. The number of aliphatic hydroxyl groups excluding tert-OH is 2. The quantitative estimate of drug-likeness (QED) is 0.437. The molecule has 0 aliphatic rings. The molecule has 2 heterocycles. The molecule has 4 aromatic rings. The van der Waals surface area contributed by atoms with Gasteiger partial charge in [0.15, 0.2) is 0 Å². The van der Waals surface area contributed by atoms with Gasteiger partial charge < -0.3 is 19.3 Å². The van der Waals surface area contributed by atoms with Crippen LogP contribution in [0.15, 0.2) is 48.5 Å². The number of unbranched alkanes of at least 4 members (excludes halogenated alkanes) is 2. The Morgan fingerprint density at radius 3 is 1.52 bits per heavy atom. The van der Waals surface area contributed by atoms with E-state index in [2.05, 4.69) is 31.2 Å². The second kappa shape index (κ2) is 8.35. The number of benzene rings is 2. The van der Waals surface area contributed by atoms with E-state index in [-0.39, 0.29) is 0 Å². The van der Waals surface area contributed by atoms with Gasteiger partial charge in [0, 0.05) is 13.1 Å². The maximum atomic E-state index is 10.1. The van der Waals surface area contributed by atoms with Gasteiger partial charge in [0.05, 0.1) is 22.1 Å². The summed E-state index contributed by atoms with van der Waals surface area (Å²) in [5.74, 6) is 1.45. The lowest BCUT2D eigenvalue weighted by Gasteiger charge is -2.12. The first kappa shape index (κ1) is 19.6. The van der Waals surface area contributed by atoms with Gasteiger partial charge in [-0.2, -0.15) is 0 Å². The van der Waals surface area contributed by atoms with Crippen LogP contribution in [0.4, 0.5) is 0 Å². The fourth-order valence-electron chi connectivity index (χ4n) is 4.01. The molecule has 29 heavy (non-hydrogen) atoms. The summed E-state index contributed by atoms with van der Waals surface area (Å²) in [5.41, 5.74) is 3.99. The maximum Gasteiger partial charge on any atom is 0.138 e. The third-order valence-corrected chi connectivity index (χ3v) is 5.38. The van der Waals surface area contributed by atoms with E-state index in [1.807, 2.05) is 36.4 Å². The molecule has 0 amide bonds. The Morgan fingerprint density at radius 1 is 0.690 bits per heavy atom. The molecule has 0 radical (unpaired) electrons. The standard InChI is InChI=1S/C23H28N4O2/c1-16(28)22-24-18-10-4-6-12-20(18)26(22)14-8-3-9-15-27-21-13-7-5-11-19(21)25-23(27)17(2)29/h4-7,10-13,16-17,28-29H,3,8-9,14-15H2,1-2H3. The van der Waals surface area contributed by atoms with Crippen LogP contribution < -0.4 is 0 Å². The van der Waals surface area contributed by atoms with E-state index < -0.39 is 12.2 Å². The van der Waals surface area contributed by atoms with Crippen molar-refractivity contribution in [3.8, 4) is 0 Å². The largest absolute Gasteiger partial charge is 0.385 e. The predicted octanol–water partition coefficient (Wildman–Crippen LogP) is 4.36. The van der Waals surface area contributed by atoms with E-state index in [0.29, 0.717) is 0 Å². The molecule has 0 spiro atoms. The van der Waals surface area contributed by atoms with Gasteiger partial charge in [-0.25, -0.2) is 9.97 Å². The van der Waals surface area contributed by atoms with E-state index in [0.717, 1.165) is 66.1 Å². The summed E-state index contributed by atoms with van der Waals surface area (Å²) in [4.78, 5) is 9.18. The molecule has 2 atom stereocenters. The minimum atomic E-state index is -0.590. The maximum absolute atomic E-state index is 10.1. The number of fused-ring (bicyclic) bond motifs is 2. The van der Waals surface area contributed by atoms with E-state index in [9.17, 15) is 10.2 Å². The van der Waals surface area contributed by atoms with E-state index in [1.165, 1.54) is 0 Å². The summed E-state index contributed by atoms with van der Waals surface area (Å²) < 4.78 is 4.27. The van der Waals surface area contributed by atoms with Crippen LogP contribution in [-0.4, -0.2) is 29.3 Å². The van der Waals surface area contributed by atoms with Crippen LogP contribution >= 0.6 is 0 Å². The average Bonchev–Trinajstić information content (AvgIpc) is 3.27. The number of hydrogen-bond donors (Lipinski definition) is 2. The highest BCUT2D eigenvalue weighted by molar-refractivity contribution is 5.76. The summed E-state index contributed by atoms with van der Waals surface area (Å²) in [6.07, 6.45) is 1.85. The SMILES string of the molecule is CC(O)c1nc2ccccc2n1CCCCCn1c(C(C)O)nc2ccccc21. The number of imidazole rings is 2. The summed E-state index contributed by atoms with van der Waals surface area (Å²) in [6.45, 7) is 5.18. The van der Waals surface area contributed by atoms with Gasteiger partial charge in [0.1, 0.15) is 23.9 Å². The van der Waals surface area contributed by atoms with E-state index in [1.54, 1.807) is 13.8 Å². The normalized spacial score (nSPS) is 13.9. The number of aromatic nitrogens is 4. The lowest BCUT2D eigenvalue weighted by Crippen LogP contribution is -2.09. The van der Waals surface area contributed by atoms with Gasteiger partial charge in [0.25, 0.3) is 0 Å². The highest BCUT2D eigenvalue weighted by atomic mass is 16.3. The monoisotopic (exact) mass is 392 g/mol. The Morgan fingerprint density at radius 2 is 1.10 bits per heavy atom. The zero-order valence-electron chi connectivity index (χ0n) is 17.0. The molecular weight excluding hydrogens is 364 g/mol. The van der Waals surface area contributed by atoms with Gasteiger partial charge >= 0.3 is 0 Å². The van der Waals surface area contributed by atoms with Crippen molar-refractivity contribution in [1.82, 2.24) is 19.1 Å². The average molecular weight is 393 g/mol. The van der Waals surface area contributed by atoms with Crippen molar-refractivity contribution >= 4 is 22.1 Å². The molecule has 2 aromatic carbocycles. The van der Waals surface area contributed by atoms with Crippen molar-refractivity contribution in [2.45, 2.75) is 58.4 Å². The molecule has 6 heteroatoms. The molecule has 0 aliphatic carbocycles. The van der Waals surface area contributed by atoms with Crippen LogP contribution in [0.3, 0.4) is 0 Å². The summed E-state index contributed by atoms with van der Waals surface area (Å²) >= 11 is 0. The van der Waals surface area contributed by atoms with Gasteiger partial charge in [-0.3, -0.25) is 0 Å². The molecule has 2 unspecified atom stereocenters. The fraction of sp³-hybridized carbons (Fsp3) is 0.391. The molecule has 0 saturated heterocycles. The molecule has 2 aromatic heterocycles. The molecule has 152 valence electrons. The fourth-order valence-corrected chi connectivity index (χ4v) is 4.01. The van der Waals surface area contributed by atoms with Crippen molar-refractivity contribution in [3.63, 3.8) is 0 Å². The van der Waals surface area contributed by atoms with Gasteiger partial charge in [-0.05, 0) is 57.4 Å². The Labute approximate surface area is 170 Å². The van der Waals surface area contributed by atoms with Crippen LogP contribution in [0.25, 0.3) is 22.1 Å². The highest BCUT2D eigenvalue weighted by Gasteiger charge is 2.15. The van der Waals surface area contributed by atoms with Crippen molar-refractivity contribution < 1.29 is 10.2 Å². The smallest absolute Gasteiger partial charge is 0.138 e. The Balaban J connectivity index is 1.43. The Kier molecular flexibility index (Phi) is 5.65. The van der Waals surface area contributed by atoms with Gasteiger partial charge in [-0.1, -0.05) is 24.3 Å². The first-order valence-electron chi connectivity index (χ1n) is 10.3. The summed E-state index contributed by atoms with van der Waals surface area (Å²) in [6, 6.07) is 16.0. The predicted molar refractivity (Wildman–Crippen MR) is 115 cm³/mol. The molecule has 6 nitrogen and oxygen atoms in total. The summed E-state index contributed by atoms with van der Waals surface area (Å²) in [5, 5.41) is 20.2. The number of rotatable bonds is 8. The van der Waals surface area contributed by atoms with Gasteiger partial charge in [0.2, 0.25) is 0 Å². The highest BCUT2D eigenvalue weighted by Crippen LogP contribution is 2.23. The van der Waals surface area contributed by atoms with Crippen molar-refractivity contribution in [2.24, 2.45) is 0 Å². The van der Waals surface area contributed by atoms with Crippen LogP contribution in [0.1, 0.15) is 57.0 Å². The van der Waals surface area contributed by atoms with Gasteiger partial charge in [-0.15, -0.1) is 0 Å². The van der Waals surface area contributed by atoms with Crippen molar-refractivity contribution in [3.05, 3.63) is 60.2 Å². The number of aliphatic hydroxyl groups is 2. The van der Waals surface area contributed by atoms with Crippen molar-refractivity contribution in [2.75, 3.05) is 0 Å². The van der Waals surface area contributed by atoms with Crippen LogP contribution in [0, 0.1) is 0 Å². The Hall–Kier alpha value is -2.70. The Bertz CT molecular complexity index is 1020. The first-order valence-corrected chi connectivity index (χ1v) is 10.3. The zero-order chi connectivity index (χ0) is 20.4. The molecular formula is C23H28N4O2. The molecule has 2 N–H and O–H groups in total. The van der Waals surface area contributed by atoms with Crippen LogP contribution in [0.5, 0.6) is 0 Å². The molecule has 0 fully saturated rings. The second-order valence-corrected chi connectivity index (χ2v) is 7.63. The van der Waals surface area contributed by atoms with E-state index >= 15 is 0 Å². The summed E-state index contributed by atoms with van der Waals surface area (Å²) in [7, 11) is 0. The van der Waals surface area contributed by atoms with Crippen LogP contribution in [-0.2, 0) is 13.1 Å². The number of nitrogens with zero attached hydrogens (tertiary/aromatic N) is 4. The topological polar surface area (TPSA) is 76.1 Å². The lowest BCUT2D eigenvalue weighted by molar-refractivity contribution is 0.183. The third kappa shape index (κ3) is 3.91. The molecule has 0 bridgehead atoms. The molecule has 0 saturated carbocycles. The van der Waals surface area contributed by atoms with E-state index in [4.69, 9.17) is 0 Å². The minimum Gasteiger partial charge on any atom is -0.385 e. The molecule has 4 rings (SSSR count). The number of para-hydroxylation sites is 4. The first-order chi connectivity index (χ1) is 14.1. The molecule has 0 aliphatic heterocycles.